The Labute approximate surface area is 110 Å². The van der Waals surface area contributed by atoms with Crippen LogP contribution in [0.2, 0.25) is 5.02 Å². The first-order chi connectivity index (χ1) is 8.61. The van der Waals surface area contributed by atoms with Crippen LogP contribution >= 0.6 is 11.6 Å². The van der Waals surface area contributed by atoms with Crippen LogP contribution in [-0.2, 0) is 13.5 Å². The summed E-state index contributed by atoms with van der Waals surface area (Å²) in [6.07, 6.45) is 4.03. The molecule has 3 N–H and O–H groups in total. The second kappa shape index (κ2) is 5.48. The molecule has 1 atom stereocenters. The van der Waals surface area contributed by atoms with Gasteiger partial charge in [0.2, 0.25) is 0 Å². The average molecular weight is 269 g/mol. The number of imidazole rings is 1. The highest BCUT2D eigenvalue weighted by atomic mass is 35.5. The molecular formula is C12H14ClFN4. The van der Waals surface area contributed by atoms with Gasteiger partial charge in [0.25, 0.3) is 0 Å². The van der Waals surface area contributed by atoms with E-state index >= 15 is 0 Å². The van der Waals surface area contributed by atoms with Gasteiger partial charge >= 0.3 is 0 Å². The smallest absolute Gasteiger partial charge is 0.129 e. The monoisotopic (exact) mass is 268 g/mol. The lowest BCUT2D eigenvalue weighted by molar-refractivity contribution is 0.497. The number of nitrogens with zero attached hydrogens (tertiary/aromatic N) is 2. The Kier molecular flexibility index (Phi) is 3.96. The molecule has 0 aliphatic rings. The summed E-state index contributed by atoms with van der Waals surface area (Å²) in [5.41, 5.74) is 3.08. The molecule has 0 saturated heterocycles. The normalized spacial score (nSPS) is 12.7. The minimum Gasteiger partial charge on any atom is -0.338 e. The van der Waals surface area contributed by atoms with Crippen molar-refractivity contribution in [2.45, 2.75) is 12.5 Å². The number of aromatic nitrogens is 2. The second-order valence-electron chi connectivity index (χ2n) is 4.04. The van der Waals surface area contributed by atoms with Crippen molar-refractivity contribution < 1.29 is 4.39 Å². The van der Waals surface area contributed by atoms with Gasteiger partial charge in [0.05, 0.1) is 6.04 Å². The van der Waals surface area contributed by atoms with E-state index in [9.17, 15) is 4.39 Å². The molecule has 0 aliphatic carbocycles. The van der Waals surface area contributed by atoms with Gasteiger partial charge in [-0.25, -0.2) is 9.37 Å². The van der Waals surface area contributed by atoms with E-state index in [4.69, 9.17) is 17.4 Å². The highest BCUT2D eigenvalue weighted by molar-refractivity contribution is 6.30. The van der Waals surface area contributed by atoms with Crippen LogP contribution in [0.1, 0.15) is 17.4 Å². The van der Waals surface area contributed by atoms with E-state index in [2.05, 4.69) is 10.4 Å². The molecule has 1 unspecified atom stereocenters. The van der Waals surface area contributed by atoms with Gasteiger partial charge in [-0.15, -0.1) is 0 Å². The Morgan fingerprint density at radius 2 is 2.33 bits per heavy atom. The Morgan fingerprint density at radius 1 is 1.56 bits per heavy atom. The van der Waals surface area contributed by atoms with Gasteiger partial charge in [0.1, 0.15) is 11.6 Å². The zero-order valence-electron chi connectivity index (χ0n) is 9.90. The molecular weight excluding hydrogens is 255 g/mol. The number of hydrazine groups is 1. The van der Waals surface area contributed by atoms with Crippen LogP contribution in [0.25, 0.3) is 0 Å². The standard InChI is InChI=1S/C12H14ClFN4/c1-18-5-4-16-12(18)7-11(17-15)9-3-2-8(13)6-10(9)14/h2-6,11,17H,7,15H2,1H3. The molecule has 0 bridgehead atoms. The molecule has 0 radical (unpaired) electrons. The Morgan fingerprint density at radius 3 is 2.89 bits per heavy atom. The van der Waals surface area contributed by atoms with Gasteiger partial charge < -0.3 is 4.57 Å². The SMILES string of the molecule is Cn1ccnc1CC(NN)c1ccc(Cl)cc1F. The summed E-state index contributed by atoms with van der Waals surface area (Å²) in [4.78, 5) is 4.20. The Hall–Kier alpha value is -1.43. The molecule has 0 amide bonds. The molecule has 2 aromatic rings. The molecule has 96 valence electrons. The third-order valence-corrected chi connectivity index (χ3v) is 3.08. The topological polar surface area (TPSA) is 55.9 Å². The number of nitrogens with one attached hydrogen (secondary N) is 1. The van der Waals surface area contributed by atoms with Gasteiger partial charge in [0, 0.05) is 36.4 Å². The first-order valence-corrected chi connectivity index (χ1v) is 5.87. The van der Waals surface area contributed by atoms with Crippen LogP contribution in [0, 0.1) is 5.82 Å². The predicted octanol–water partition coefficient (Wildman–Crippen LogP) is 1.96. The van der Waals surface area contributed by atoms with Crippen molar-refractivity contribution in [3.8, 4) is 0 Å². The second-order valence-corrected chi connectivity index (χ2v) is 4.48. The number of hydrogen-bond donors (Lipinski definition) is 2. The largest absolute Gasteiger partial charge is 0.338 e. The lowest BCUT2D eigenvalue weighted by Gasteiger charge is -2.17. The minimum absolute atomic E-state index is 0.344. The molecule has 0 fully saturated rings. The summed E-state index contributed by atoms with van der Waals surface area (Å²) in [6.45, 7) is 0. The van der Waals surface area contributed by atoms with E-state index < -0.39 is 0 Å². The fraction of sp³-hybridized carbons (Fsp3) is 0.250. The van der Waals surface area contributed by atoms with Gasteiger partial charge in [-0.1, -0.05) is 17.7 Å². The number of halogens is 2. The van der Waals surface area contributed by atoms with Crippen LogP contribution in [-0.4, -0.2) is 9.55 Å². The summed E-state index contributed by atoms with van der Waals surface area (Å²) in [5.74, 6) is 5.94. The van der Waals surface area contributed by atoms with Gasteiger partial charge in [0.15, 0.2) is 0 Å². The van der Waals surface area contributed by atoms with Gasteiger partial charge in [-0.2, -0.15) is 0 Å². The fourth-order valence-electron chi connectivity index (χ4n) is 1.82. The molecule has 1 heterocycles. The maximum absolute atomic E-state index is 13.8. The summed E-state index contributed by atoms with van der Waals surface area (Å²) < 4.78 is 15.7. The number of nitrogens with two attached hydrogens (primary N) is 1. The lowest BCUT2D eigenvalue weighted by Crippen LogP contribution is -2.31. The van der Waals surface area contributed by atoms with Crippen LogP contribution in [0.15, 0.2) is 30.6 Å². The number of rotatable bonds is 4. The van der Waals surface area contributed by atoms with E-state index in [0.29, 0.717) is 17.0 Å². The molecule has 0 aliphatic heterocycles. The van der Waals surface area contributed by atoms with Crippen molar-refractivity contribution in [2.75, 3.05) is 0 Å². The van der Waals surface area contributed by atoms with E-state index in [1.54, 1.807) is 18.3 Å². The Balaban J connectivity index is 2.26. The third-order valence-electron chi connectivity index (χ3n) is 2.85. The van der Waals surface area contributed by atoms with E-state index in [1.807, 2.05) is 17.8 Å². The maximum atomic E-state index is 13.8. The third kappa shape index (κ3) is 2.69. The highest BCUT2D eigenvalue weighted by Gasteiger charge is 2.17. The number of benzene rings is 1. The number of hydrogen-bond acceptors (Lipinski definition) is 3. The summed E-state index contributed by atoms with van der Waals surface area (Å²) in [7, 11) is 1.88. The molecule has 1 aromatic carbocycles. The summed E-state index contributed by atoms with van der Waals surface area (Å²) in [6, 6.07) is 4.21. The molecule has 0 saturated carbocycles. The van der Waals surface area contributed by atoms with Crippen molar-refractivity contribution in [3.05, 3.63) is 52.8 Å². The van der Waals surface area contributed by atoms with E-state index in [0.717, 1.165) is 5.82 Å². The van der Waals surface area contributed by atoms with Crippen LogP contribution in [0.4, 0.5) is 4.39 Å². The molecule has 4 nitrogen and oxygen atoms in total. The minimum atomic E-state index is -0.375. The van der Waals surface area contributed by atoms with Crippen molar-refractivity contribution in [3.63, 3.8) is 0 Å². The lowest BCUT2D eigenvalue weighted by atomic mass is 10.0. The first kappa shape index (κ1) is 13.0. The van der Waals surface area contributed by atoms with E-state index in [-0.39, 0.29) is 11.9 Å². The highest BCUT2D eigenvalue weighted by Crippen LogP contribution is 2.22. The van der Waals surface area contributed by atoms with Crippen LogP contribution < -0.4 is 11.3 Å². The van der Waals surface area contributed by atoms with Gasteiger partial charge in [-0.3, -0.25) is 11.3 Å². The maximum Gasteiger partial charge on any atom is 0.129 e. The van der Waals surface area contributed by atoms with Crippen molar-refractivity contribution in [1.29, 1.82) is 0 Å². The number of aryl methyl sites for hydroxylation is 1. The van der Waals surface area contributed by atoms with Crippen LogP contribution in [0.5, 0.6) is 0 Å². The molecule has 2 rings (SSSR count). The van der Waals surface area contributed by atoms with E-state index in [1.165, 1.54) is 6.07 Å². The zero-order valence-corrected chi connectivity index (χ0v) is 10.7. The quantitative estimate of drug-likeness (QED) is 0.658. The van der Waals surface area contributed by atoms with Gasteiger partial charge in [-0.05, 0) is 12.1 Å². The van der Waals surface area contributed by atoms with Crippen LogP contribution in [0.3, 0.4) is 0 Å². The first-order valence-electron chi connectivity index (χ1n) is 5.49. The van der Waals surface area contributed by atoms with Crippen molar-refractivity contribution in [2.24, 2.45) is 12.9 Å². The van der Waals surface area contributed by atoms with Crippen molar-refractivity contribution >= 4 is 11.6 Å². The summed E-state index contributed by atoms with van der Waals surface area (Å²) in [5, 5.41) is 0.365. The average Bonchev–Trinajstić information content (AvgIpc) is 2.73. The Bertz CT molecular complexity index is 541. The fourth-order valence-corrected chi connectivity index (χ4v) is 1.98. The molecule has 1 aromatic heterocycles. The summed E-state index contributed by atoms with van der Waals surface area (Å²) >= 11 is 5.72. The molecule has 0 spiro atoms. The molecule has 18 heavy (non-hydrogen) atoms. The molecule has 6 heteroatoms. The van der Waals surface area contributed by atoms with Crippen molar-refractivity contribution in [1.82, 2.24) is 15.0 Å². The predicted molar refractivity (Wildman–Crippen MR) is 68.4 cm³/mol. The zero-order chi connectivity index (χ0) is 13.1.